The van der Waals surface area contributed by atoms with Crippen LogP contribution in [0.4, 0.5) is 0 Å². The van der Waals surface area contributed by atoms with Gasteiger partial charge in [0.15, 0.2) is 0 Å². The third-order valence-electron chi connectivity index (χ3n) is 3.39. The summed E-state index contributed by atoms with van der Waals surface area (Å²) in [6.45, 7) is 2.18. The summed E-state index contributed by atoms with van der Waals surface area (Å²) in [4.78, 5) is 13.2. The third kappa shape index (κ3) is 2.30. The van der Waals surface area contributed by atoms with Crippen molar-refractivity contribution < 1.29 is 9.53 Å². The lowest BCUT2D eigenvalue weighted by Gasteiger charge is -2.38. The van der Waals surface area contributed by atoms with Crippen LogP contribution in [0.3, 0.4) is 0 Å². The zero-order chi connectivity index (χ0) is 10.8. The second kappa shape index (κ2) is 4.47. The van der Waals surface area contributed by atoms with Crippen molar-refractivity contribution in [2.45, 2.75) is 37.5 Å². The molecule has 3 unspecified atom stereocenters. The smallest absolute Gasteiger partial charge is 0.235 e. The Morgan fingerprint density at radius 3 is 3.07 bits per heavy atom. The Bertz CT molecular complexity index is 247. The molecule has 3 atom stereocenters. The summed E-state index contributed by atoms with van der Waals surface area (Å²) >= 11 is 0. The second-order valence-corrected chi connectivity index (χ2v) is 4.41. The monoisotopic (exact) mass is 213 g/mol. The minimum absolute atomic E-state index is 0.346. The number of amides is 1. The summed E-state index contributed by atoms with van der Waals surface area (Å²) < 4.78 is 5.68. The van der Waals surface area contributed by atoms with Gasteiger partial charge in [0.1, 0.15) is 0 Å². The van der Waals surface area contributed by atoms with E-state index in [1.807, 2.05) is 0 Å². The fraction of sp³-hybridized carbons (Fsp3) is 0.900. The average molecular weight is 213 g/mol. The van der Waals surface area contributed by atoms with Crippen LogP contribution in [0.1, 0.15) is 19.3 Å². The van der Waals surface area contributed by atoms with Gasteiger partial charge in [-0.05, 0) is 19.3 Å². The summed E-state index contributed by atoms with van der Waals surface area (Å²) in [5.41, 5.74) is 10.8. The van der Waals surface area contributed by atoms with Crippen molar-refractivity contribution in [3.05, 3.63) is 0 Å². The number of carbonyl (C=O) groups excluding carboxylic acids is 1. The number of morpholine rings is 1. The molecule has 0 bridgehead atoms. The minimum atomic E-state index is -0.552. The molecule has 5 nitrogen and oxygen atoms in total. The molecule has 1 saturated carbocycles. The highest BCUT2D eigenvalue weighted by molar-refractivity contribution is 5.79. The molecule has 0 radical (unpaired) electrons. The van der Waals surface area contributed by atoms with Crippen LogP contribution in [0, 0.1) is 0 Å². The second-order valence-electron chi connectivity index (χ2n) is 4.41. The van der Waals surface area contributed by atoms with Gasteiger partial charge in [-0.1, -0.05) is 0 Å². The summed E-state index contributed by atoms with van der Waals surface area (Å²) in [5.74, 6) is -0.420. The number of nitrogens with zero attached hydrogens (tertiary/aromatic N) is 1. The van der Waals surface area contributed by atoms with Gasteiger partial charge in [0.05, 0.1) is 18.8 Å². The molecule has 15 heavy (non-hydrogen) atoms. The summed E-state index contributed by atoms with van der Waals surface area (Å²) in [6, 6.07) is -0.103. The van der Waals surface area contributed by atoms with E-state index in [4.69, 9.17) is 16.2 Å². The van der Waals surface area contributed by atoms with Gasteiger partial charge in [0, 0.05) is 19.1 Å². The Morgan fingerprint density at radius 1 is 1.53 bits per heavy atom. The van der Waals surface area contributed by atoms with Gasteiger partial charge in [0.25, 0.3) is 0 Å². The molecule has 5 heteroatoms. The van der Waals surface area contributed by atoms with Gasteiger partial charge in [-0.15, -0.1) is 0 Å². The Morgan fingerprint density at radius 2 is 2.33 bits per heavy atom. The first-order chi connectivity index (χ1) is 7.18. The van der Waals surface area contributed by atoms with E-state index in [0.717, 1.165) is 26.0 Å². The Hall–Kier alpha value is -0.650. The van der Waals surface area contributed by atoms with Crippen molar-refractivity contribution in [3.8, 4) is 0 Å². The largest absolute Gasteiger partial charge is 0.375 e. The van der Waals surface area contributed by atoms with E-state index in [2.05, 4.69) is 4.90 Å². The zero-order valence-corrected chi connectivity index (χ0v) is 8.89. The first-order valence-corrected chi connectivity index (χ1v) is 5.59. The van der Waals surface area contributed by atoms with E-state index in [1.54, 1.807) is 0 Å². The molecule has 2 aliphatic rings. The highest BCUT2D eigenvalue weighted by Crippen LogP contribution is 2.29. The van der Waals surface area contributed by atoms with Crippen LogP contribution >= 0.6 is 0 Å². The molecule has 1 amide bonds. The predicted molar refractivity (Wildman–Crippen MR) is 56.1 cm³/mol. The number of rotatable bonds is 3. The maximum atomic E-state index is 10.9. The highest BCUT2D eigenvalue weighted by atomic mass is 16.5. The lowest BCUT2D eigenvalue weighted by molar-refractivity contribution is -0.120. The van der Waals surface area contributed by atoms with Crippen LogP contribution in [0.2, 0.25) is 0 Å². The predicted octanol–water partition coefficient (Wildman–Crippen LogP) is -0.948. The molecule has 0 aromatic heterocycles. The quantitative estimate of drug-likeness (QED) is 0.633. The van der Waals surface area contributed by atoms with E-state index in [1.165, 1.54) is 6.42 Å². The first-order valence-electron chi connectivity index (χ1n) is 5.59. The van der Waals surface area contributed by atoms with Crippen molar-refractivity contribution in [1.82, 2.24) is 4.90 Å². The minimum Gasteiger partial charge on any atom is -0.375 e. The van der Waals surface area contributed by atoms with Crippen LogP contribution in [0.15, 0.2) is 0 Å². The molecular formula is C10H19N3O2. The number of hydrogen-bond donors (Lipinski definition) is 2. The zero-order valence-electron chi connectivity index (χ0n) is 8.89. The number of ether oxygens (including phenoxy) is 1. The molecule has 2 rings (SSSR count). The molecule has 1 aliphatic carbocycles. The SMILES string of the molecule is NC(=O)C(N)CN1CCOC2CCCC21. The summed E-state index contributed by atoms with van der Waals surface area (Å²) in [6.07, 6.45) is 3.83. The van der Waals surface area contributed by atoms with Crippen molar-refractivity contribution >= 4 is 5.91 Å². The number of nitrogens with two attached hydrogens (primary N) is 2. The molecular weight excluding hydrogens is 194 g/mol. The van der Waals surface area contributed by atoms with E-state index in [-0.39, 0.29) is 0 Å². The van der Waals surface area contributed by atoms with E-state index in [0.29, 0.717) is 18.7 Å². The average Bonchev–Trinajstić information content (AvgIpc) is 2.66. The highest BCUT2D eigenvalue weighted by Gasteiger charge is 2.36. The number of fused-ring (bicyclic) bond motifs is 1. The number of carbonyl (C=O) groups is 1. The van der Waals surface area contributed by atoms with E-state index in [9.17, 15) is 4.79 Å². The maximum Gasteiger partial charge on any atom is 0.235 e. The van der Waals surface area contributed by atoms with Crippen LogP contribution < -0.4 is 11.5 Å². The fourth-order valence-electron chi connectivity index (χ4n) is 2.58. The van der Waals surface area contributed by atoms with Gasteiger partial charge in [-0.3, -0.25) is 9.69 Å². The Balaban J connectivity index is 1.93. The molecule has 4 N–H and O–H groups in total. The first kappa shape index (κ1) is 10.9. The van der Waals surface area contributed by atoms with Crippen molar-refractivity contribution in [1.29, 1.82) is 0 Å². The van der Waals surface area contributed by atoms with Crippen molar-refractivity contribution in [3.63, 3.8) is 0 Å². The topological polar surface area (TPSA) is 81.6 Å². The van der Waals surface area contributed by atoms with Gasteiger partial charge in [-0.25, -0.2) is 0 Å². The van der Waals surface area contributed by atoms with E-state index < -0.39 is 11.9 Å². The molecule has 1 heterocycles. The van der Waals surface area contributed by atoms with Crippen LogP contribution in [-0.2, 0) is 9.53 Å². The van der Waals surface area contributed by atoms with Crippen molar-refractivity contribution in [2.75, 3.05) is 19.7 Å². The Labute approximate surface area is 89.7 Å². The third-order valence-corrected chi connectivity index (χ3v) is 3.39. The van der Waals surface area contributed by atoms with Gasteiger partial charge in [0.2, 0.25) is 5.91 Å². The standard InChI is InChI=1S/C10H19N3O2/c11-7(10(12)14)6-13-4-5-15-9-3-1-2-8(9)13/h7-9H,1-6,11H2,(H2,12,14). The number of primary amides is 1. The van der Waals surface area contributed by atoms with Gasteiger partial charge in [-0.2, -0.15) is 0 Å². The molecule has 0 aromatic carbocycles. The molecule has 1 aliphatic heterocycles. The Kier molecular flexibility index (Phi) is 3.23. The van der Waals surface area contributed by atoms with Gasteiger partial charge < -0.3 is 16.2 Å². The number of hydrogen-bond acceptors (Lipinski definition) is 4. The summed E-state index contributed by atoms with van der Waals surface area (Å²) in [7, 11) is 0. The molecule has 1 saturated heterocycles. The normalized spacial score (nSPS) is 33.7. The summed E-state index contributed by atoms with van der Waals surface area (Å²) in [5, 5.41) is 0. The molecule has 0 aromatic rings. The lowest BCUT2D eigenvalue weighted by Crippen LogP contribution is -2.54. The molecule has 0 spiro atoms. The molecule has 86 valence electrons. The lowest BCUT2D eigenvalue weighted by atomic mass is 10.1. The van der Waals surface area contributed by atoms with E-state index >= 15 is 0 Å². The fourth-order valence-corrected chi connectivity index (χ4v) is 2.58. The molecule has 2 fully saturated rings. The maximum absolute atomic E-state index is 10.9. The van der Waals surface area contributed by atoms with Crippen LogP contribution in [-0.4, -0.2) is 48.7 Å². The van der Waals surface area contributed by atoms with Crippen LogP contribution in [0.25, 0.3) is 0 Å². The van der Waals surface area contributed by atoms with Gasteiger partial charge >= 0.3 is 0 Å². The van der Waals surface area contributed by atoms with Crippen molar-refractivity contribution in [2.24, 2.45) is 11.5 Å². The van der Waals surface area contributed by atoms with Crippen LogP contribution in [0.5, 0.6) is 0 Å².